The van der Waals surface area contributed by atoms with Crippen molar-refractivity contribution in [3.63, 3.8) is 0 Å². The van der Waals surface area contributed by atoms with Gasteiger partial charge in [0.1, 0.15) is 5.82 Å². The number of carbonyl (C=O) groups is 1. The molecule has 1 heterocycles. The Balaban J connectivity index is 1.72. The van der Waals surface area contributed by atoms with Crippen LogP contribution in [0.2, 0.25) is 0 Å². The highest BCUT2D eigenvalue weighted by Gasteiger charge is 2.02. The zero-order valence-electron chi connectivity index (χ0n) is 10.5. The lowest BCUT2D eigenvalue weighted by atomic mass is 10.2. The maximum atomic E-state index is 11.7. The van der Waals surface area contributed by atoms with E-state index in [1.54, 1.807) is 30.5 Å². The van der Waals surface area contributed by atoms with Gasteiger partial charge in [-0.05, 0) is 24.3 Å². The Morgan fingerprint density at radius 1 is 1.11 bits per heavy atom. The van der Waals surface area contributed by atoms with Crippen LogP contribution in [0.15, 0.2) is 48.7 Å². The van der Waals surface area contributed by atoms with E-state index in [1.165, 1.54) is 0 Å². The van der Waals surface area contributed by atoms with E-state index in [0.717, 1.165) is 5.82 Å². The van der Waals surface area contributed by atoms with E-state index in [9.17, 15) is 4.79 Å². The molecular weight excluding hydrogens is 240 g/mol. The average Bonchev–Trinajstić information content (AvgIpc) is 2.46. The van der Waals surface area contributed by atoms with E-state index in [4.69, 9.17) is 5.73 Å². The summed E-state index contributed by atoms with van der Waals surface area (Å²) < 4.78 is 0. The van der Waals surface area contributed by atoms with Crippen molar-refractivity contribution in [3.8, 4) is 0 Å². The second kappa shape index (κ2) is 6.39. The van der Waals surface area contributed by atoms with E-state index in [0.29, 0.717) is 24.3 Å². The Bertz CT molecular complexity index is 525. The lowest BCUT2D eigenvalue weighted by Gasteiger charge is -2.07. The molecule has 2 rings (SSSR count). The number of nitrogens with one attached hydrogen (secondary N) is 2. The minimum Gasteiger partial charge on any atom is -0.397 e. The number of nitrogens with zero attached hydrogens (tertiary/aromatic N) is 1. The van der Waals surface area contributed by atoms with Crippen LogP contribution in [0, 0.1) is 0 Å². The molecule has 98 valence electrons. The highest BCUT2D eigenvalue weighted by molar-refractivity contribution is 5.94. The number of nitrogen functional groups attached to an aromatic ring is 1. The molecule has 0 aliphatic carbocycles. The van der Waals surface area contributed by atoms with Crippen LogP contribution in [0.3, 0.4) is 0 Å². The van der Waals surface area contributed by atoms with Crippen molar-refractivity contribution >= 4 is 17.4 Å². The van der Waals surface area contributed by atoms with Crippen LogP contribution in [0.5, 0.6) is 0 Å². The molecule has 0 aliphatic rings. The van der Waals surface area contributed by atoms with Crippen LogP contribution in [-0.2, 0) is 0 Å². The van der Waals surface area contributed by atoms with Crippen molar-refractivity contribution in [2.45, 2.75) is 0 Å². The monoisotopic (exact) mass is 256 g/mol. The summed E-state index contributed by atoms with van der Waals surface area (Å²) in [4.78, 5) is 15.8. The Kier molecular flexibility index (Phi) is 4.34. The SMILES string of the molecule is Nc1ccc(NCCNC(=O)c2ccccc2)nc1. The number of aromatic nitrogens is 1. The summed E-state index contributed by atoms with van der Waals surface area (Å²) in [5.41, 5.74) is 6.83. The molecule has 0 unspecified atom stereocenters. The highest BCUT2D eigenvalue weighted by Crippen LogP contribution is 2.04. The number of amides is 1. The van der Waals surface area contributed by atoms with Gasteiger partial charge in [0.15, 0.2) is 0 Å². The van der Waals surface area contributed by atoms with Gasteiger partial charge < -0.3 is 16.4 Å². The van der Waals surface area contributed by atoms with Crippen molar-refractivity contribution in [1.29, 1.82) is 0 Å². The smallest absolute Gasteiger partial charge is 0.251 e. The predicted octanol–water partition coefficient (Wildman–Crippen LogP) is 1.51. The third kappa shape index (κ3) is 3.99. The zero-order chi connectivity index (χ0) is 13.5. The van der Waals surface area contributed by atoms with Crippen LogP contribution in [0.25, 0.3) is 0 Å². The van der Waals surface area contributed by atoms with Crippen LogP contribution in [0.1, 0.15) is 10.4 Å². The molecule has 0 saturated carbocycles. The molecule has 1 aromatic carbocycles. The summed E-state index contributed by atoms with van der Waals surface area (Å²) in [5.74, 6) is 0.663. The number of anilines is 2. The second-order valence-corrected chi connectivity index (χ2v) is 4.03. The molecule has 0 radical (unpaired) electrons. The Morgan fingerprint density at radius 2 is 1.89 bits per heavy atom. The van der Waals surface area contributed by atoms with Crippen LogP contribution < -0.4 is 16.4 Å². The predicted molar refractivity (Wildman–Crippen MR) is 75.9 cm³/mol. The Hall–Kier alpha value is -2.56. The lowest BCUT2D eigenvalue weighted by molar-refractivity contribution is 0.0955. The Morgan fingerprint density at radius 3 is 2.58 bits per heavy atom. The fourth-order valence-electron chi connectivity index (χ4n) is 1.57. The minimum atomic E-state index is -0.0762. The van der Waals surface area contributed by atoms with E-state index in [2.05, 4.69) is 15.6 Å². The number of hydrogen-bond acceptors (Lipinski definition) is 4. The third-order valence-electron chi connectivity index (χ3n) is 2.54. The van der Waals surface area contributed by atoms with E-state index < -0.39 is 0 Å². The summed E-state index contributed by atoms with van der Waals surface area (Å²) in [6.07, 6.45) is 1.59. The quantitative estimate of drug-likeness (QED) is 0.708. The molecule has 1 aromatic heterocycles. The van der Waals surface area contributed by atoms with Crippen molar-refractivity contribution < 1.29 is 4.79 Å². The van der Waals surface area contributed by atoms with Crippen molar-refractivity contribution in [2.75, 3.05) is 24.1 Å². The largest absolute Gasteiger partial charge is 0.397 e. The number of hydrogen-bond donors (Lipinski definition) is 3. The maximum Gasteiger partial charge on any atom is 0.251 e. The van der Waals surface area contributed by atoms with Crippen LogP contribution in [0.4, 0.5) is 11.5 Å². The van der Waals surface area contributed by atoms with Gasteiger partial charge in [-0.3, -0.25) is 4.79 Å². The van der Waals surface area contributed by atoms with Gasteiger partial charge in [-0.15, -0.1) is 0 Å². The first-order chi connectivity index (χ1) is 9.25. The first-order valence-corrected chi connectivity index (χ1v) is 6.04. The molecule has 0 atom stereocenters. The molecule has 0 saturated heterocycles. The topological polar surface area (TPSA) is 80.0 Å². The third-order valence-corrected chi connectivity index (χ3v) is 2.54. The summed E-state index contributed by atoms with van der Waals surface area (Å²) in [7, 11) is 0. The van der Waals surface area contributed by atoms with Crippen molar-refractivity contribution in [3.05, 3.63) is 54.2 Å². The van der Waals surface area contributed by atoms with E-state index >= 15 is 0 Å². The van der Waals surface area contributed by atoms with Gasteiger partial charge >= 0.3 is 0 Å². The fraction of sp³-hybridized carbons (Fsp3) is 0.143. The molecule has 2 aromatic rings. The maximum absolute atomic E-state index is 11.7. The molecule has 19 heavy (non-hydrogen) atoms. The van der Waals surface area contributed by atoms with E-state index in [1.807, 2.05) is 18.2 Å². The minimum absolute atomic E-state index is 0.0762. The normalized spacial score (nSPS) is 9.89. The first kappa shape index (κ1) is 12.9. The van der Waals surface area contributed by atoms with Crippen molar-refractivity contribution in [2.24, 2.45) is 0 Å². The summed E-state index contributed by atoms with van der Waals surface area (Å²) in [5, 5.41) is 5.92. The summed E-state index contributed by atoms with van der Waals surface area (Å²) >= 11 is 0. The number of benzene rings is 1. The molecule has 0 fully saturated rings. The molecule has 0 bridgehead atoms. The van der Waals surface area contributed by atoms with E-state index in [-0.39, 0.29) is 5.91 Å². The first-order valence-electron chi connectivity index (χ1n) is 6.04. The number of pyridine rings is 1. The lowest BCUT2D eigenvalue weighted by Crippen LogP contribution is -2.28. The standard InChI is InChI=1S/C14H16N4O/c15-12-6-7-13(18-10-12)16-8-9-17-14(19)11-4-2-1-3-5-11/h1-7,10H,8-9,15H2,(H,16,18)(H,17,19). The molecule has 0 spiro atoms. The zero-order valence-corrected chi connectivity index (χ0v) is 10.5. The molecule has 5 heteroatoms. The fourth-order valence-corrected chi connectivity index (χ4v) is 1.57. The van der Waals surface area contributed by atoms with Crippen LogP contribution >= 0.6 is 0 Å². The molecule has 5 nitrogen and oxygen atoms in total. The molecule has 1 amide bonds. The van der Waals surface area contributed by atoms with Crippen molar-refractivity contribution in [1.82, 2.24) is 10.3 Å². The number of rotatable bonds is 5. The molecule has 0 aliphatic heterocycles. The second-order valence-electron chi connectivity index (χ2n) is 4.03. The summed E-state index contributed by atoms with van der Waals surface area (Å²) in [6.45, 7) is 1.13. The molecular formula is C14H16N4O. The Labute approximate surface area is 111 Å². The highest BCUT2D eigenvalue weighted by atomic mass is 16.1. The average molecular weight is 256 g/mol. The van der Waals surface area contributed by atoms with Gasteiger partial charge in [0.25, 0.3) is 5.91 Å². The van der Waals surface area contributed by atoms with Gasteiger partial charge in [-0.1, -0.05) is 18.2 Å². The number of carbonyl (C=O) groups excluding carboxylic acids is 1. The van der Waals surface area contributed by atoms with Gasteiger partial charge in [0, 0.05) is 18.7 Å². The van der Waals surface area contributed by atoms with Gasteiger partial charge in [0.05, 0.1) is 11.9 Å². The number of nitrogens with two attached hydrogens (primary N) is 1. The summed E-state index contributed by atoms with van der Waals surface area (Å²) in [6, 6.07) is 12.7. The van der Waals surface area contributed by atoms with Gasteiger partial charge in [-0.25, -0.2) is 4.98 Å². The van der Waals surface area contributed by atoms with Gasteiger partial charge in [0.2, 0.25) is 0 Å². The molecule has 4 N–H and O–H groups in total. The van der Waals surface area contributed by atoms with Crippen LogP contribution in [-0.4, -0.2) is 24.0 Å². The van der Waals surface area contributed by atoms with Gasteiger partial charge in [-0.2, -0.15) is 0 Å².